The number of rotatable bonds is 2. The molecule has 5 heteroatoms. The molecule has 4 aromatic rings. The van der Waals surface area contributed by atoms with Crippen LogP contribution in [0.4, 0.5) is 0 Å². The number of fused-ring (bicyclic) bond motifs is 5. The molecule has 110 valence electrons. The van der Waals surface area contributed by atoms with Crippen molar-refractivity contribution in [2.45, 2.75) is 0 Å². The van der Waals surface area contributed by atoms with Crippen LogP contribution in [-0.2, 0) is 0 Å². The Morgan fingerprint density at radius 3 is 2.55 bits per heavy atom. The molecule has 22 heavy (non-hydrogen) atoms. The van der Waals surface area contributed by atoms with Gasteiger partial charge in [0.15, 0.2) is 5.58 Å². The molecular weight excluding hydrogens is 284 g/mol. The first-order chi connectivity index (χ1) is 10.7. The zero-order chi connectivity index (χ0) is 15.3. The number of ether oxygens (including phenoxy) is 2. The van der Waals surface area contributed by atoms with E-state index in [1.54, 1.807) is 38.5 Å². The third kappa shape index (κ3) is 1.62. The first kappa shape index (κ1) is 12.8. The van der Waals surface area contributed by atoms with Gasteiger partial charge in [-0.25, -0.2) is 4.79 Å². The lowest BCUT2D eigenvalue weighted by molar-refractivity contribution is 0.414. The average molecular weight is 296 g/mol. The second-order valence-corrected chi connectivity index (χ2v) is 4.89. The minimum atomic E-state index is -0.459. The van der Waals surface area contributed by atoms with Crippen molar-refractivity contribution in [3.8, 4) is 11.5 Å². The fourth-order valence-electron chi connectivity index (χ4n) is 2.72. The van der Waals surface area contributed by atoms with Gasteiger partial charge in [0.2, 0.25) is 0 Å². The first-order valence-corrected chi connectivity index (χ1v) is 6.73. The lowest BCUT2D eigenvalue weighted by Crippen LogP contribution is -1.99. The summed E-state index contributed by atoms with van der Waals surface area (Å²) >= 11 is 0. The van der Waals surface area contributed by atoms with Crippen LogP contribution < -0.4 is 15.1 Å². The largest absolute Gasteiger partial charge is 0.497 e. The molecule has 4 rings (SSSR count). The van der Waals surface area contributed by atoms with Crippen molar-refractivity contribution in [3.05, 3.63) is 46.8 Å². The third-order valence-electron chi connectivity index (χ3n) is 3.74. The second-order valence-electron chi connectivity index (χ2n) is 4.89. The van der Waals surface area contributed by atoms with Gasteiger partial charge < -0.3 is 18.3 Å². The highest BCUT2D eigenvalue weighted by atomic mass is 16.5. The number of methoxy groups -OCH3 is 2. The molecule has 0 aliphatic carbocycles. The van der Waals surface area contributed by atoms with Crippen molar-refractivity contribution >= 4 is 32.9 Å². The van der Waals surface area contributed by atoms with Crippen LogP contribution in [0, 0.1) is 0 Å². The summed E-state index contributed by atoms with van der Waals surface area (Å²) in [6, 6.07) is 10.7. The average Bonchev–Trinajstić information content (AvgIpc) is 2.94. The summed E-state index contributed by atoms with van der Waals surface area (Å²) in [5, 5.41) is 1.74. The second kappa shape index (κ2) is 4.53. The van der Waals surface area contributed by atoms with Gasteiger partial charge in [-0.2, -0.15) is 0 Å². The summed E-state index contributed by atoms with van der Waals surface area (Å²) in [6.07, 6.45) is 0. The van der Waals surface area contributed by atoms with Crippen LogP contribution in [-0.4, -0.2) is 14.2 Å². The quantitative estimate of drug-likeness (QED) is 0.528. The highest BCUT2D eigenvalue weighted by molar-refractivity contribution is 6.14. The van der Waals surface area contributed by atoms with Crippen LogP contribution in [0.2, 0.25) is 0 Å². The number of benzene rings is 2. The molecule has 0 N–H and O–H groups in total. The van der Waals surface area contributed by atoms with Gasteiger partial charge in [-0.05, 0) is 24.3 Å². The molecule has 2 heterocycles. The van der Waals surface area contributed by atoms with Crippen molar-refractivity contribution in [2.24, 2.45) is 0 Å². The van der Waals surface area contributed by atoms with E-state index in [1.807, 2.05) is 12.1 Å². The van der Waals surface area contributed by atoms with E-state index in [0.717, 1.165) is 0 Å². The molecule has 0 spiro atoms. The number of hydrogen-bond donors (Lipinski definition) is 0. The lowest BCUT2D eigenvalue weighted by Gasteiger charge is -2.02. The molecule has 0 unspecified atom stereocenters. The maximum atomic E-state index is 12.4. The molecule has 0 amide bonds. The van der Waals surface area contributed by atoms with Gasteiger partial charge in [-0.15, -0.1) is 0 Å². The Bertz CT molecular complexity index is 1070. The number of hydrogen-bond acceptors (Lipinski definition) is 5. The molecule has 5 nitrogen and oxygen atoms in total. The van der Waals surface area contributed by atoms with Crippen molar-refractivity contribution in [1.29, 1.82) is 0 Å². The molecule has 2 aromatic heterocycles. The van der Waals surface area contributed by atoms with Crippen LogP contribution in [0.3, 0.4) is 0 Å². The topological polar surface area (TPSA) is 61.8 Å². The van der Waals surface area contributed by atoms with Gasteiger partial charge in [0, 0.05) is 6.07 Å². The molecule has 0 aliphatic heterocycles. The summed E-state index contributed by atoms with van der Waals surface area (Å²) in [5.74, 6) is 1.19. The maximum Gasteiger partial charge on any atom is 0.348 e. The SMILES string of the molecule is COc1ccc2c(c1)oc(=O)c1c2oc2cccc(OC)c21. The zero-order valence-corrected chi connectivity index (χ0v) is 12.0. The van der Waals surface area contributed by atoms with Crippen LogP contribution in [0.5, 0.6) is 11.5 Å². The van der Waals surface area contributed by atoms with Crippen molar-refractivity contribution in [2.75, 3.05) is 14.2 Å². The number of furan rings is 1. The summed E-state index contributed by atoms with van der Waals surface area (Å²) in [4.78, 5) is 12.4. The van der Waals surface area contributed by atoms with Gasteiger partial charge >= 0.3 is 5.63 Å². The maximum absolute atomic E-state index is 12.4. The Morgan fingerprint density at radius 1 is 0.909 bits per heavy atom. The van der Waals surface area contributed by atoms with Crippen molar-refractivity contribution in [1.82, 2.24) is 0 Å². The van der Waals surface area contributed by atoms with E-state index in [2.05, 4.69) is 0 Å². The predicted molar refractivity (Wildman–Crippen MR) is 82.9 cm³/mol. The predicted octanol–water partition coefficient (Wildman–Crippen LogP) is 3.71. The molecule has 0 saturated heterocycles. The molecule has 0 bridgehead atoms. The molecule has 0 aliphatic rings. The Labute approximate surface area is 124 Å². The summed E-state index contributed by atoms with van der Waals surface area (Å²) < 4.78 is 21.8. The Balaban J connectivity index is 2.25. The van der Waals surface area contributed by atoms with Crippen molar-refractivity contribution in [3.63, 3.8) is 0 Å². The smallest absolute Gasteiger partial charge is 0.348 e. The van der Waals surface area contributed by atoms with E-state index >= 15 is 0 Å². The normalized spacial score (nSPS) is 11.4. The molecular formula is C17H12O5. The van der Waals surface area contributed by atoms with Crippen LogP contribution >= 0.6 is 0 Å². The van der Waals surface area contributed by atoms with Crippen LogP contribution in [0.25, 0.3) is 32.9 Å². The standard InChI is InChI=1S/C17H12O5/c1-19-9-6-7-10-13(8-9)22-17(18)15-14-11(20-2)4-3-5-12(14)21-16(10)15/h3-8H,1-2H3. The van der Waals surface area contributed by atoms with E-state index in [4.69, 9.17) is 18.3 Å². The fraction of sp³-hybridized carbons (Fsp3) is 0.118. The minimum absolute atomic E-state index is 0.394. The first-order valence-electron chi connectivity index (χ1n) is 6.73. The zero-order valence-electron chi connectivity index (χ0n) is 12.0. The summed E-state index contributed by atoms with van der Waals surface area (Å²) in [6.45, 7) is 0. The fourth-order valence-corrected chi connectivity index (χ4v) is 2.72. The summed E-state index contributed by atoms with van der Waals surface area (Å²) in [7, 11) is 3.12. The van der Waals surface area contributed by atoms with Gasteiger partial charge in [-0.3, -0.25) is 0 Å². The Kier molecular flexibility index (Phi) is 2.63. The van der Waals surface area contributed by atoms with E-state index in [9.17, 15) is 4.79 Å². The summed E-state index contributed by atoms with van der Waals surface area (Å²) in [5.41, 5.74) is 1.05. The molecule has 0 saturated carbocycles. The van der Waals surface area contributed by atoms with E-state index in [-0.39, 0.29) is 0 Å². The van der Waals surface area contributed by atoms with E-state index < -0.39 is 5.63 Å². The molecule has 0 radical (unpaired) electrons. The highest BCUT2D eigenvalue weighted by Crippen LogP contribution is 2.37. The van der Waals surface area contributed by atoms with Crippen LogP contribution in [0.1, 0.15) is 0 Å². The highest BCUT2D eigenvalue weighted by Gasteiger charge is 2.19. The van der Waals surface area contributed by atoms with Gasteiger partial charge in [0.1, 0.15) is 28.1 Å². The van der Waals surface area contributed by atoms with E-state index in [1.165, 1.54) is 0 Å². The van der Waals surface area contributed by atoms with Crippen molar-refractivity contribution < 1.29 is 18.3 Å². The Hall–Kier alpha value is -2.95. The van der Waals surface area contributed by atoms with Gasteiger partial charge in [0.05, 0.1) is 25.0 Å². The lowest BCUT2D eigenvalue weighted by atomic mass is 10.1. The monoisotopic (exact) mass is 296 g/mol. The van der Waals surface area contributed by atoms with E-state index in [0.29, 0.717) is 44.4 Å². The Morgan fingerprint density at radius 2 is 1.77 bits per heavy atom. The molecule has 0 atom stereocenters. The van der Waals surface area contributed by atoms with Gasteiger partial charge in [-0.1, -0.05) is 6.07 Å². The minimum Gasteiger partial charge on any atom is -0.497 e. The third-order valence-corrected chi connectivity index (χ3v) is 3.74. The van der Waals surface area contributed by atoms with Gasteiger partial charge in [0.25, 0.3) is 0 Å². The molecule has 0 fully saturated rings. The van der Waals surface area contributed by atoms with Crippen LogP contribution in [0.15, 0.2) is 50.0 Å². The molecule has 2 aromatic carbocycles.